The predicted molar refractivity (Wildman–Crippen MR) is 173 cm³/mol. The first-order valence-corrected chi connectivity index (χ1v) is 15.1. The lowest BCUT2D eigenvalue weighted by atomic mass is 9.95. The Bertz CT molecular complexity index is 1940. The number of aryl methyl sites for hydroxylation is 1. The summed E-state index contributed by atoms with van der Waals surface area (Å²) in [6.45, 7) is 4.50. The Labute approximate surface area is 256 Å². The second kappa shape index (κ2) is 12.0. The number of nitrogens with zero attached hydrogens (tertiary/aromatic N) is 5. The molecular formula is C36H34N6O2. The number of rotatable bonds is 7. The Morgan fingerprint density at radius 3 is 2.48 bits per heavy atom. The number of hydrogen-bond donors (Lipinski definition) is 2. The molecule has 1 amide bonds. The molecule has 8 heteroatoms. The lowest BCUT2D eigenvalue weighted by molar-refractivity contribution is -0.121. The molecule has 1 fully saturated rings. The van der Waals surface area contributed by atoms with E-state index in [0.717, 1.165) is 88.5 Å². The van der Waals surface area contributed by atoms with Crippen LogP contribution >= 0.6 is 0 Å². The number of carbonyl (C=O) groups is 1. The monoisotopic (exact) mass is 582 g/mol. The van der Waals surface area contributed by atoms with E-state index in [0.29, 0.717) is 0 Å². The Hall–Kier alpha value is -4.92. The minimum atomic E-state index is -0.0394. The molecule has 220 valence electrons. The van der Waals surface area contributed by atoms with Crippen LogP contribution in [0, 0.1) is 12.8 Å². The summed E-state index contributed by atoms with van der Waals surface area (Å²) < 4.78 is 1.83. The molecule has 1 saturated heterocycles. The van der Waals surface area contributed by atoms with Crippen LogP contribution in [0.2, 0.25) is 0 Å². The Balaban J connectivity index is 1.08. The fourth-order valence-corrected chi connectivity index (χ4v) is 6.08. The first-order valence-electron chi connectivity index (χ1n) is 15.1. The van der Waals surface area contributed by atoms with Gasteiger partial charge in [-0.15, -0.1) is 0 Å². The number of amides is 1. The van der Waals surface area contributed by atoms with Crippen molar-refractivity contribution in [3.8, 4) is 22.4 Å². The summed E-state index contributed by atoms with van der Waals surface area (Å²) >= 11 is 0. The smallest absolute Gasteiger partial charge is 0.227 e. The molecule has 3 aromatic heterocycles. The van der Waals surface area contributed by atoms with E-state index >= 15 is 0 Å². The molecule has 0 radical (unpaired) electrons. The maximum atomic E-state index is 12.9. The van der Waals surface area contributed by atoms with E-state index in [2.05, 4.69) is 62.8 Å². The van der Waals surface area contributed by atoms with Gasteiger partial charge in [0, 0.05) is 46.9 Å². The van der Waals surface area contributed by atoms with Gasteiger partial charge in [0.2, 0.25) is 5.91 Å². The van der Waals surface area contributed by atoms with E-state index in [-0.39, 0.29) is 18.4 Å². The number of piperidine rings is 1. The molecule has 7 rings (SSSR count). The van der Waals surface area contributed by atoms with Crippen molar-refractivity contribution in [1.29, 1.82) is 0 Å². The minimum Gasteiger partial charge on any atom is -0.392 e. The second-order valence-electron chi connectivity index (χ2n) is 11.6. The van der Waals surface area contributed by atoms with Crippen molar-refractivity contribution in [2.45, 2.75) is 32.9 Å². The summed E-state index contributed by atoms with van der Waals surface area (Å²) in [5.74, 6) is 0.0431. The molecule has 1 aliphatic rings. The Morgan fingerprint density at radius 1 is 0.909 bits per heavy atom. The van der Waals surface area contributed by atoms with Crippen molar-refractivity contribution >= 4 is 28.3 Å². The van der Waals surface area contributed by atoms with Crippen LogP contribution in [0.5, 0.6) is 0 Å². The van der Waals surface area contributed by atoms with E-state index in [1.54, 1.807) is 0 Å². The molecule has 4 heterocycles. The first-order chi connectivity index (χ1) is 21.5. The van der Waals surface area contributed by atoms with Crippen molar-refractivity contribution in [1.82, 2.24) is 24.5 Å². The van der Waals surface area contributed by atoms with E-state index in [9.17, 15) is 9.90 Å². The van der Waals surface area contributed by atoms with Crippen LogP contribution in [0.15, 0.2) is 97.2 Å². The Morgan fingerprint density at radius 2 is 1.70 bits per heavy atom. The standard InChI is InChI=1S/C36H34N6O2/c1-24-18-33-37-21-30-20-32(27-7-3-2-4-8-27)34(39-35(30)42(33)40-24)28-12-10-25(11-13-28)22-41-16-14-29(15-17-41)36(44)38-31-9-5-6-26(19-31)23-43/h2-13,18-21,29,43H,14-17,22-23H2,1H3,(H,38,44). The molecular weight excluding hydrogens is 548 g/mol. The molecule has 0 spiro atoms. The highest BCUT2D eigenvalue weighted by atomic mass is 16.3. The Kier molecular flexibility index (Phi) is 7.60. The number of benzene rings is 3. The number of carbonyl (C=O) groups excluding carboxylic acids is 1. The van der Waals surface area contributed by atoms with Crippen molar-refractivity contribution in [3.63, 3.8) is 0 Å². The lowest BCUT2D eigenvalue weighted by Crippen LogP contribution is -2.37. The molecule has 0 saturated carbocycles. The van der Waals surface area contributed by atoms with Crippen molar-refractivity contribution in [3.05, 3.63) is 114 Å². The first kappa shape index (κ1) is 27.9. The van der Waals surface area contributed by atoms with Gasteiger partial charge in [0.25, 0.3) is 0 Å². The van der Waals surface area contributed by atoms with Gasteiger partial charge in [-0.05, 0) is 67.7 Å². The average molecular weight is 583 g/mol. The second-order valence-corrected chi connectivity index (χ2v) is 11.6. The molecule has 8 nitrogen and oxygen atoms in total. The number of nitrogens with one attached hydrogen (secondary N) is 1. The number of aliphatic hydroxyl groups is 1. The van der Waals surface area contributed by atoms with Gasteiger partial charge in [-0.3, -0.25) is 9.69 Å². The van der Waals surface area contributed by atoms with Gasteiger partial charge >= 0.3 is 0 Å². The number of likely N-dealkylation sites (tertiary alicyclic amines) is 1. The summed E-state index contributed by atoms with van der Waals surface area (Å²) in [5.41, 5.74) is 9.35. The van der Waals surface area contributed by atoms with Crippen LogP contribution in [0.4, 0.5) is 5.69 Å². The summed E-state index contributed by atoms with van der Waals surface area (Å²) in [4.78, 5) is 25.1. The van der Waals surface area contributed by atoms with E-state index < -0.39 is 0 Å². The predicted octanol–water partition coefficient (Wildman–Crippen LogP) is 6.26. The van der Waals surface area contributed by atoms with Gasteiger partial charge in [-0.25, -0.2) is 9.97 Å². The van der Waals surface area contributed by atoms with Gasteiger partial charge in [-0.2, -0.15) is 9.61 Å². The quantitative estimate of drug-likeness (QED) is 0.231. The van der Waals surface area contributed by atoms with Crippen molar-refractivity contribution in [2.75, 3.05) is 18.4 Å². The largest absolute Gasteiger partial charge is 0.392 e. The normalized spacial score (nSPS) is 14.3. The van der Waals surface area contributed by atoms with Crippen LogP contribution in [-0.2, 0) is 17.9 Å². The van der Waals surface area contributed by atoms with Crippen LogP contribution < -0.4 is 5.32 Å². The van der Waals surface area contributed by atoms with E-state index in [1.165, 1.54) is 5.56 Å². The minimum absolute atomic E-state index is 0.0120. The van der Waals surface area contributed by atoms with Crippen LogP contribution in [-0.4, -0.2) is 48.6 Å². The van der Waals surface area contributed by atoms with Gasteiger partial charge < -0.3 is 10.4 Å². The topological polar surface area (TPSA) is 95.7 Å². The molecule has 3 aromatic carbocycles. The van der Waals surface area contributed by atoms with E-state index in [1.807, 2.05) is 66.2 Å². The third-order valence-electron chi connectivity index (χ3n) is 8.43. The number of aromatic nitrogens is 4. The molecule has 0 aliphatic carbocycles. The highest BCUT2D eigenvalue weighted by molar-refractivity contribution is 5.93. The molecule has 44 heavy (non-hydrogen) atoms. The highest BCUT2D eigenvalue weighted by Crippen LogP contribution is 2.34. The van der Waals surface area contributed by atoms with E-state index in [4.69, 9.17) is 4.98 Å². The van der Waals surface area contributed by atoms with Gasteiger partial charge in [0.1, 0.15) is 0 Å². The summed E-state index contributed by atoms with van der Waals surface area (Å²) in [7, 11) is 0. The zero-order valence-corrected chi connectivity index (χ0v) is 24.6. The third kappa shape index (κ3) is 5.69. The number of hydrogen-bond acceptors (Lipinski definition) is 6. The number of anilines is 1. The maximum absolute atomic E-state index is 12.9. The van der Waals surface area contributed by atoms with Crippen LogP contribution in [0.3, 0.4) is 0 Å². The maximum Gasteiger partial charge on any atom is 0.227 e. The molecule has 2 N–H and O–H groups in total. The molecule has 0 bridgehead atoms. The van der Waals surface area contributed by atoms with Crippen molar-refractivity contribution < 1.29 is 9.90 Å². The SMILES string of the molecule is Cc1cc2ncc3cc(-c4ccccc4)c(-c4ccc(CN5CCC(C(=O)Nc6cccc(CO)c6)CC5)cc4)nc3n2n1. The summed E-state index contributed by atoms with van der Waals surface area (Å²) in [6, 6.07) is 30.5. The van der Waals surface area contributed by atoms with Crippen LogP contribution in [0.25, 0.3) is 39.1 Å². The molecule has 0 unspecified atom stereocenters. The number of fused-ring (bicyclic) bond motifs is 3. The number of aliphatic hydroxyl groups excluding tert-OH is 1. The zero-order valence-electron chi connectivity index (χ0n) is 24.6. The summed E-state index contributed by atoms with van der Waals surface area (Å²) in [6.07, 6.45) is 3.52. The highest BCUT2D eigenvalue weighted by Gasteiger charge is 2.25. The average Bonchev–Trinajstić information content (AvgIpc) is 3.46. The van der Waals surface area contributed by atoms with Crippen LogP contribution in [0.1, 0.15) is 29.7 Å². The molecule has 6 aromatic rings. The van der Waals surface area contributed by atoms with Gasteiger partial charge in [-0.1, -0.05) is 66.7 Å². The molecule has 0 atom stereocenters. The summed E-state index contributed by atoms with van der Waals surface area (Å²) in [5, 5.41) is 18.0. The zero-order chi connectivity index (χ0) is 30.0. The van der Waals surface area contributed by atoms with Gasteiger partial charge in [0.05, 0.1) is 18.0 Å². The lowest BCUT2D eigenvalue weighted by Gasteiger charge is -2.31. The molecule has 1 aliphatic heterocycles. The third-order valence-corrected chi connectivity index (χ3v) is 8.43. The van der Waals surface area contributed by atoms with Gasteiger partial charge in [0.15, 0.2) is 11.3 Å². The number of pyridine rings is 1. The fraction of sp³-hybridized carbons (Fsp3) is 0.222. The van der Waals surface area contributed by atoms with Crippen molar-refractivity contribution in [2.24, 2.45) is 5.92 Å². The fourth-order valence-electron chi connectivity index (χ4n) is 6.08.